The Labute approximate surface area is 158 Å². The zero-order valence-electron chi connectivity index (χ0n) is 14.9. The van der Waals surface area contributed by atoms with Crippen molar-refractivity contribution in [2.75, 3.05) is 13.6 Å². The van der Waals surface area contributed by atoms with Gasteiger partial charge in [-0.1, -0.05) is 18.2 Å². The molecule has 27 heavy (non-hydrogen) atoms. The summed E-state index contributed by atoms with van der Waals surface area (Å²) in [4.78, 5) is 24.0. The lowest BCUT2D eigenvalue weighted by Gasteiger charge is -2.08. The molecule has 0 unspecified atom stereocenters. The summed E-state index contributed by atoms with van der Waals surface area (Å²) in [5, 5.41) is 5.29. The number of sulfonamides is 1. The smallest absolute Gasteiger partial charge is 0.251 e. The maximum atomic E-state index is 12.3. The largest absolute Gasteiger partial charge is 0.355 e. The molecule has 0 bridgehead atoms. The summed E-state index contributed by atoms with van der Waals surface area (Å²) in [6, 6.07) is 12.5. The van der Waals surface area contributed by atoms with Crippen molar-refractivity contribution in [1.82, 2.24) is 15.4 Å². The summed E-state index contributed by atoms with van der Waals surface area (Å²) in [6.07, 6.45) is 1.44. The molecule has 7 nitrogen and oxygen atoms in total. The third kappa shape index (κ3) is 5.50. The highest BCUT2D eigenvalue weighted by molar-refractivity contribution is 7.89. The quantitative estimate of drug-likeness (QED) is 0.596. The molecule has 0 radical (unpaired) electrons. The van der Waals surface area contributed by atoms with Crippen LogP contribution in [-0.4, -0.2) is 33.8 Å². The molecule has 0 aliphatic heterocycles. The van der Waals surface area contributed by atoms with E-state index in [4.69, 9.17) is 0 Å². The van der Waals surface area contributed by atoms with Crippen molar-refractivity contribution in [1.29, 1.82) is 0 Å². The van der Waals surface area contributed by atoms with E-state index in [9.17, 15) is 18.0 Å². The van der Waals surface area contributed by atoms with Gasteiger partial charge in [-0.25, -0.2) is 13.1 Å². The molecule has 0 atom stereocenters. The van der Waals surface area contributed by atoms with Crippen molar-refractivity contribution in [2.45, 2.75) is 11.4 Å². The van der Waals surface area contributed by atoms with Gasteiger partial charge in [0.05, 0.1) is 4.90 Å². The van der Waals surface area contributed by atoms with Crippen LogP contribution in [0.1, 0.15) is 26.3 Å². The van der Waals surface area contributed by atoms with Gasteiger partial charge in [-0.3, -0.25) is 9.59 Å². The Morgan fingerprint density at radius 3 is 2.37 bits per heavy atom. The summed E-state index contributed by atoms with van der Waals surface area (Å²) in [5.41, 5.74) is 1.61. The van der Waals surface area contributed by atoms with Crippen LogP contribution in [0.25, 0.3) is 0 Å². The molecule has 3 N–H and O–H groups in total. The third-order valence-electron chi connectivity index (χ3n) is 3.71. The van der Waals surface area contributed by atoms with Gasteiger partial charge in [0, 0.05) is 31.3 Å². The van der Waals surface area contributed by atoms with Gasteiger partial charge in [0.25, 0.3) is 11.8 Å². The van der Waals surface area contributed by atoms with E-state index in [1.165, 1.54) is 30.3 Å². The van der Waals surface area contributed by atoms with Gasteiger partial charge in [0.2, 0.25) is 10.0 Å². The molecule has 0 saturated heterocycles. The lowest BCUT2D eigenvalue weighted by molar-refractivity contribution is 0.0948. The molecule has 142 valence electrons. The van der Waals surface area contributed by atoms with E-state index in [0.29, 0.717) is 11.1 Å². The lowest BCUT2D eigenvalue weighted by atomic mass is 10.1. The van der Waals surface area contributed by atoms with E-state index in [1.807, 2.05) is 0 Å². The third-order valence-corrected chi connectivity index (χ3v) is 5.15. The number of rotatable bonds is 8. The Balaban J connectivity index is 2.02. The monoisotopic (exact) mass is 387 g/mol. The first-order valence-electron chi connectivity index (χ1n) is 8.17. The molecule has 8 heteroatoms. The molecule has 0 aliphatic rings. The van der Waals surface area contributed by atoms with Gasteiger partial charge < -0.3 is 10.6 Å². The number of amides is 2. The second-order valence-corrected chi connectivity index (χ2v) is 7.39. The number of hydrogen-bond acceptors (Lipinski definition) is 4. The van der Waals surface area contributed by atoms with E-state index in [1.54, 1.807) is 31.3 Å². The number of hydrogen-bond donors (Lipinski definition) is 3. The van der Waals surface area contributed by atoms with Gasteiger partial charge in [0.15, 0.2) is 0 Å². The Kier molecular flexibility index (Phi) is 6.86. The van der Waals surface area contributed by atoms with Crippen LogP contribution in [0.15, 0.2) is 66.1 Å². The van der Waals surface area contributed by atoms with Crippen LogP contribution in [0.5, 0.6) is 0 Å². The zero-order chi connectivity index (χ0) is 19.9. The molecule has 0 saturated carbocycles. The number of carbonyl (C=O) groups is 2. The molecule has 2 aromatic rings. The minimum atomic E-state index is -3.63. The minimum absolute atomic E-state index is 0.0687. The molecule has 0 heterocycles. The van der Waals surface area contributed by atoms with Crippen LogP contribution < -0.4 is 15.4 Å². The van der Waals surface area contributed by atoms with Crippen LogP contribution in [-0.2, 0) is 16.6 Å². The van der Waals surface area contributed by atoms with E-state index < -0.39 is 10.0 Å². The Morgan fingerprint density at radius 2 is 1.74 bits per heavy atom. The molecule has 2 rings (SSSR count). The van der Waals surface area contributed by atoms with Crippen molar-refractivity contribution in [2.24, 2.45) is 0 Å². The highest BCUT2D eigenvalue weighted by atomic mass is 32.2. The fourth-order valence-electron chi connectivity index (χ4n) is 2.29. The number of benzene rings is 2. The molecule has 0 aliphatic carbocycles. The zero-order valence-corrected chi connectivity index (χ0v) is 15.7. The first kappa shape index (κ1) is 20.3. The van der Waals surface area contributed by atoms with Crippen molar-refractivity contribution in [3.05, 3.63) is 77.9 Å². The highest BCUT2D eigenvalue weighted by Gasteiger charge is 2.14. The van der Waals surface area contributed by atoms with Gasteiger partial charge in [-0.15, -0.1) is 6.58 Å². The topological polar surface area (TPSA) is 104 Å². The van der Waals surface area contributed by atoms with Gasteiger partial charge in [-0.05, 0) is 42.0 Å². The average Bonchev–Trinajstić information content (AvgIpc) is 2.70. The van der Waals surface area contributed by atoms with Crippen molar-refractivity contribution < 1.29 is 18.0 Å². The van der Waals surface area contributed by atoms with Crippen molar-refractivity contribution in [3.63, 3.8) is 0 Å². The second-order valence-electron chi connectivity index (χ2n) is 5.63. The lowest BCUT2D eigenvalue weighted by Crippen LogP contribution is -2.25. The van der Waals surface area contributed by atoms with Crippen molar-refractivity contribution >= 4 is 21.8 Å². The normalized spacial score (nSPS) is 10.9. The number of nitrogens with one attached hydrogen (secondary N) is 3. The van der Waals surface area contributed by atoms with E-state index >= 15 is 0 Å². The summed E-state index contributed by atoms with van der Waals surface area (Å²) in [5.74, 6) is -0.548. The fraction of sp³-hybridized carbons (Fsp3) is 0.158. The predicted octanol–water partition coefficient (Wildman–Crippen LogP) is 1.44. The van der Waals surface area contributed by atoms with Crippen LogP contribution in [0.4, 0.5) is 0 Å². The van der Waals surface area contributed by atoms with Crippen LogP contribution in [0.3, 0.4) is 0 Å². The molecule has 2 amide bonds. The first-order valence-corrected chi connectivity index (χ1v) is 9.65. The predicted molar refractivity (Wildman–Crippen MR) is 103 cm³/mol. The Hall–Kier alpha value is -2.97. The van der Waals surface area contributed by atoms with Crippen LogP contribution >= 0.6 is 0 Å². The summed E-state index contributed by atoms with van der Waals surface area (Å²) < 4.78 is 26.4. The Morgan fingerprint density at radius 1 is 1.04 bits per heavy atom. The van der Waals surface area contributed by atoms with E-state index in [-0.39, 0.29) is 29.8 Å². The summed E-state index contributed by atoms with van der Waals surface area (Å²) in [6.45, 7) is 3.82. The van der Waals surface area contributed by atoms with Gasteiger partial charge >= 0.3 is 0 Å². The molecular formula is C19H21N3O4S. The summed E-state index contributed by atoms with van der Waals surface area (Å²) in [7, 11) is -2.08. The van der Waals surface area contributed by atoms with Gasteiger partial charge in [-0.2, -0.15) is 0 Å². The maximum Gasteiger partial charge on any atom is 0.251 e. The highest BCUT2D eigenvalue weighted by Crippen LogP contribution is 2.11. The number of carbonyl (C=O) groups excluding carboxylic acids is 2. The molecule has 0 fully saturated rings. The molecular weight excluding hydrogens is 366 g/mol. The fourth-order valence-corrected chi connectivity index (χ4v) is 3.29. The molecule has 2 aromatic carbocycles. The van der Waals surface area contributed by atoms with Crippen LogP contribution in [0, 0.1) is 0 Å². The molecule has 0 aromatic heterocycles. The minimum Gasteiger partial charge on any atom is -0.355 e. The average molecular weight is 387 g/mol. The first-order chi connectivity index (χ1) is 12.9. The van der Waals surface area contributed by atoms with Gasteiger partial charge in [0.1, 0.15) is 0 Å². The SMILES string of the molecule is C=CCNS(=O)(=O)c1ccc(C(=O)NCc2cccc(C(=O)NC)c2)cc1. The standard InChI is InChI=1S/C19H21N3O4S/c1-3-11-22-27(25,26)17-9-7-15(8-10-17)19(24)21-13-14-5-4-6-16(12-14)18(23)20-2/h3-10,12,22H,1,11,13H2,2H3,(H,20,23)(H,21,24). The van der Waals surface area contributed by atoms with E-state index in [2.05, 4.69) is 21.9 Å². The van der Waals surface area contributed by atoms with Crippen molar-refractivity contribution in [3.8, 4) is 0 Å². The van der Waals surface area contributed by atoms with Crippen LogP contribution in [0.2, 0.25) is 0 Å². The molecule has 0 spiro atoms. The van der Waals surface area contributed by atoms with E-state index in [0.717, 1.165) is 5.56 Å². The Bertz CT molecular complexity index is 938. The summed E-state index contributed by atoms with van der Waals surface area (Å²) >= 11 is 0. The maximum absolute atomic E-state index is 12.3. The second kappa shape index (κ2) is 9.11.